The van der Waals surface area contributed by atoms with Gasteiger partial charge in [0.2, 0.25) is 5.91 Å². The number of amides is 1. The van der Waals surface area contributed by atoms with Gasteiger partial charge in [-0.3, -0.25) is 4.79 Å². The number of hydrogen-bond acceptors (Lipinski definition) is 6. The number of carbonyl (C=O) groups excluding carboxylic acids is 1. The Hall–Kier alpha value is -3.04. The zero-order chi connectivity index (χ0) is 21.1. The van der Waals surface area contributed by atoms with Crippen molar-refractivity contribution in [1.82, 2.24) is 25.0 Å². The Balaban J connectivity index is 1.47. The van der Waals surface area contributed by atoms with Crippen LogP contribution in [0, 0.1) is 12.7 Å². The average Bonchev–Trinajstić information content (AvgIpc) is 3.14. The number of hydrogen-bond donors (Lipinski definition) is 1. The van der Waals surface area contributed by atoms with E-state index in [0.29, 0.717) is 32.5 Å². The number of carbonyl (C=O) groups is 1. The summed E-state index contributed by atoms with van der Waals surface area (Å²) in [4.78, 5) is 20.7. The largest absolute Gasteiger partial charge is 0.325 e. The van der Waals surface area contributed by atoms with Crippen LogP contribution in [0.1, 0.15) is 11.1 Å². The lowest BCUT2D eigenvalue weighted by molar-refractivity contribution is -0.113. The number of rotatable bonds is 6. The van der Waals surface area contributed by atoms with E-state index < -0.39 is 0 Å². The van der Waals surface area contributed by atoms with Crippen LogP contribution in [0.15, 0.2) is 53.8 Å². The molecule has 152 valence electrons. The Morgan fingerprint density at radius 3 is 2.87 bits per heavy atom. The molecule has 1 amide bonds. The molecule has 0 saturated carbocycles. The lowest BCUT2D eigenvalue weighted by atomic mass is 10.2. The monoisotopic (exact) mass is 442 g/mol. The Bertz CT molecular complexity index is 1230. The van der Waals surface area contributed by atoms with Crippen LogP contribution in [0.3, 0.4) is 0 Å². The first-order chi connectivity index (χ1) is 14.5. The van der Waals surface area contributed by atoms with Gasteiger partial charge in [-0.25, -0.2) is 19.0 Å². The molecule has 10 heteroatoms. The van der Waals surface area contributed by atoms with Gasteiger partial charge in [-0.15, -0.1) is 5.10 Å². The molecule has 2 aromatic heterocycles. The maximum atomic E-state index is 13.9. The van der Waals surface area contributed by atoms with E-state index in [2.05, 4.69) is 25.6 Å². The van der Waals surface area contributed by atoms with Crippen molar-refractivity contribution in [2.75, 3.05) is 11.1 Å². The van der Waals surface area contributed by atoms with Crippen LogP contribution in [-0.2, 0) is 11.3 Å². The maximum Gasteiger partial charge on any atom is 0.234 e. The van der Waals surface area contributed by atoms with Crippen LogP contribution < -0.4 is 5.32 Å². The Labute approximate surface area is 180 Å². The van der Waals surface area contributed by atoms with Gasteiger partial charge in [0, 0.05) is 16.3 Å². The summed E-state index contributed by atoms with van der Waals surface area (Å²) in [6.45, 7) is 2.09. The molecule has 0 aliphatic carbocycles. The molecule has 0 fully saturated rings. The molecule has 4 aromatic rings. The van der Waals surface area contributed by atoms with Gasteiger partial charge in [-0.2, -0.15) is 0 Å². The third-order valence-electron chi connectivity index (χ3n) is 4.34. The fourth-order valence-corrected chi connectivity index (χ4v) is 3.68. The van der Waals surface area contributed by atoms with Crippen molar-refractivity contribution in [2.45, 2.75) is 18.5 Å². The van der Waals surface area contributed by atoms with Crippen molar-refractivity contribution in [1.29, 1.82) is 0 Å². The summed E-state index contributed by atoms with van der Waals surface area (Å²) >= 11 is 7.31. The van der Waals surface area contributed by atoms with Gasteiger partial charge in [0.05, 0.1) is 12.3 Å². The van der Waals surface area contributed by atoms with E-state index in [0.717, 1.165) is 5.56 Å². The van der Waals surface area contributed by atoms with Crippen molar-refractivity contribution < 1.29 is 9.18 Å². The molecule has 0 atom stereocenters. The van der Waals surface area contributed by atoms with Gasteiger partial charge < -0.3 is 5.32 Å². The molecule has 7 nitrogen and oxygen atoms in total. The van der Waals surface area contributed by atoms with Crippen LogP contribution in [0.5, 0.6) is 0 Å². The summed E-state index contributed by atoms with van der Waals surface area (Å²) < 4.78 is 15.5. The lowest BCUT2D eigenvalue weighted by Gasteiger charge is -2.07. The van der Waals surface area contributed by atoms with Crippen molar-refractivity contribution in [3.8, 4) is 0 Å². The van der Waals surface area contributed by atoms with Crippen molar-refractivity contribution in [3.63, 3.8) is 0 Å². The number of nitrogens with zero attached hydrogens (tertiary/aromatic N) is 5. The Morgan fingerprint density at radius 1 is 1.23 bits per heavy atom. The highest BCUT2D eigenvalue weighted by Gasteiger charge is 2.15. The van der Waals surface area contributed by atoms with Crippen LogP contribution >= 0.6 is 23.4 Å². The highest BCUT2D eigenvalue weighted by atomic mass is 35.5. The van der Waals surface area contributed by atoms with E-state index in [4.69, 9.17) is 11.6 Å². The molecule has 0 aliphatic heterocycles. The molecule has 0 saturated heterocycles. The SMILES string of the molecule is Cc1ccc(NC(=O)CSc2ncnc3c2nnn3Cc2ccccc2F)cc1Cl. The number of fused-ring (bicyclic) bond motifs is 1. The minimum absolute atomic E-state index is 0.123. The molecule has 30 heavy (non-hydrogen) atoms. The fraction of sp³-hybridized carbons (Fsp3) is 0.150. The minimum atomic E-state index is -0.322. The molecule has 0 unspecified atom stereocenters. The normalized spacial score (nSPS) is 11.0. The fourth-order valence-electron chi connectivity index (χ4n) is 2.77. The number of aryl methyl sites for hydroxylation is 1. The highest BCUT2D eigenvalue weighted by Crippen LogP contribution is 2.24. The molecule has 0 bridgehead atoms. The first kappa shape index (κ1) is 20.2. The van der Waals surface area contributed by atoms with Gasteiger partial charge in [-0.1, -0.05) is 52.8 Å². The summed E-state index contributed by atoms with van der Waals surface area (Å²) in [5.41, 5.74) is 2.98. The second kappa shape index (κ2) is 8.76. The maximum absolute atomic E-state index is 13.9. The van der Waals surface area contributed by atoms with Gasteiger partial charge in [0.15, 0.2) is 11.2 Å². The van der Waals surface area contributed by atoms with Crippen molar-refractivity contribution in [2.24, 2.45) is 0 Å². The van der Waals surface area contributed by atoms with Gasteiger partial charge in [0.25, 0.3) is 0 Å². The van der Waals surface area contributed by atoms with Crippen LogP contribution in [-0.4, -0.2) is 36.6 Å². The van der Waals surface area contributed by atoms with Gasteiger partial charge in [-0.05, 0) is 30.7 Å². The van der Waals surface area contributed by atoms with Crippen LogP contribution in [0.2, 0.25) is 5.02 Å². The number of aromatic nitrogens is 5. The summed E-state index contributed by atoms with van der Waals surface area (Å²) in [5.74, 6) is -0.402. The molecular weight excluding hydrogens is 427 g/mol. The van der Waals surface area contributed by atoms with Crippen LogP contribution in [0.4, 0.5) is 10.1 Å². The number of anilines is 1. The van der Waals surface area contributed by atoms with Gasteiger partial charge >= 0.3 is 0 Å². The smallest absolute Gasteiger partial charge is 0.234 e. The van der Waals surface area contributed by atoms with Gasteiger partial charge in [0.1, 0.15) is 17.2 Å². The first-order valence-corrected chi connectivity index (χ1v) is 10.3. The number of benzene rings is 2. The Kier molecular flexibility index (Phi) is 5.91. The van der Waals surface area contributed by atoms with E-state index in [1.165, 1.54) is 28.8 Å². The molecule has 4 rings (SSSR count). The quantitative estimate of drug-likeness (QED) is 0.357. The number of thioether (sulfide) groups is 1. The van der Waals surface area contributed by atoms with E-state index >= 15 is 0 Å². The van der Waals surface area contributed by atoms with Crippen molar-refractivity contribution >= 4 is 46.1 Å². The zero-order valence-electron chi connectivity index (χ0n) is 15.8. The van der Waals surface area contributed by atoms with Crippen molar-refractivity contribution in [3.05, 3.63) is 70.8 Å². The zero-order valence-corrected chi connectivity index (χ0v) is 17.4. The predicted molar refractivity (Wildman–Crippen MR) is 114 cm³/mol. The number of halogens is 2. The topological polar surface area (TPSA) is 85.6 Å². The summed E-state index contributed by atoms with van der Waals surface area (Å²) in [6.07, 6.45) is 1.38. The first-order valence-electron chi connectivity index (χ1n) is 8.97. The molecule has 0 aliphatic rings. The second-order valence-electron chi connectivity index (χ2n) is 6.49. The lowest BCUT2D eigenvalue weighted by Crippen LogP contribution is -2.14. The highest BCUT2D eigenvalue weighted by molar-refractivity contribution is 8.00. The molecular formula is C20H16ClFN6OS. The van der Waals surface area contributed by atoms with E-state index in [9.17, 15) is 9.18 Å². The molecule has 1 N–H and O–H groups in total. The minimum Gasteiger partial charge on any atom is -0.325 e. The molecule has 2 aromatic carbocycles. The predicted octanol–water partition coefficient (Wildman–Crippen LogP) is 4.10. The third-order valence-corrected chi connectivity index (χ3v) is 5.73. The second-order valence-corrected chi connectivity index (χ2v) is 7.86. The molecule has 2 heterocycles. The molecule has 0 radical (unpaired) electrons. The average molecular weight is 443 g/mol. The molecule has 0 spiro atoms. The van der Waals surface area contributed by atoms with E-state index in [-0.39, 0.29) is 24.0 Å². The van der Waals surface area contributed by atoms with Crippen LogP contribution in [0.25, 0.3) is 11.2 Å². The Morgan fingerprint density at radius 2 is 2.07 bits per heavy atom. The third kappa shape index (κ3) is 4.42. The van der Waals surface area contributed by atoms with E-state index in [1.807, 2.05) is 13.0 Å². The summed E-state index contributed by atoms with van der Waals surface area (Å²) in [5, 5.41) is 12.1. The number of nitrogens with one attached hydrogen (secondary N) is 1. The summed E-state index contributed by atoms with van der Waals surface area (Å²) in [6, 6.07) is 11.8. The van der Waals surface area contributed by atoms with E-state index in [1.54, 1.807) is 30.3 Å². The summed E-state index contributed by atoms with van der Waals surface area (Å²) in [7, 11) is 0. The standard InChI is InChI=1S/C20H16ClFN6OS/c1-12-6-7-14(8-15(12)21)25-17(29)10-30-20-18-19(23-11-24-20)28(27-26-18)9-13-4-2-3-5-16(13)22/h2-8,11H,9-10H2,1H3,(H,25,29).